The molecule has 260 valence electrons. The van der Waals surface area contributed by atoms with Crippen LogP contribution in [-0.2, 0) is 16.2 Å². The summed E-state index contributed by atoms with van der Waals surface area (Å²) in [6.45, 7) is 9.31. The summed E-state index contributed by atoms with van der Waals surface area (Å²) in [5.74, 6) is 0. The molecule has 0 N–H and O–H groups in total. The SMILES string of the molecule is CC1(C)c2cc(-c3ccccc3)ccc2-c2cc3c(cc21)-c1nc2c(cc1C3(c1ccccc1)c1ccccc1)-c1c(cc(C#N)c3ccccc13)C2(C)C. The van der Waals surface area contributed by atoms with E-state index in [0.29, 0.717) is 5.56 Å². The third kappa shape index (κ3) is 4.05. The van der Waals surface area contributed by atoms with Crippen molar-refractivity contribution in [3.05, 3.63) is 208 Å². The third-order valence-electron chi connectivity index (χ3n) is 13.1. The molecule has 3 aliphatic rings. The number of pyridine rings is 1. The van der Waals surface area contributed by atoms with Crippen LogP contribution < -0.4 is 0 Å². The fourth-order valence-electron chi connectivity index (χ4n) is 10.5. The second-order valence-corrected chi connectivity index (χ2v) is 16.6. The second kappa shape index (κ2) is 11.0. The normalized spacial score (nSPS) is 15.7. The Morgan fingerprint density at radius 3 is 1.71 bits per heavy atom. The quantitative estimate of drug-likeness (QED) is 0.184. The van der Waals surface area contributed by atoms with Crippen LogP contribution in [0.3, 0.4) is 0 Å². The molecule has 0 saturated heterocycles. The molecule has 2 nitrogen and oxygen atoms in total. The predicted molar refractivity (Wildman–Crippen MR) is 224 cm³/mol. The summed E-state index contributed by atoms with van der Waals surface area (Å²) in [7, 11) is 0. The van der Waals surface area contributed by atoms with E-state index in [1.165, 1.54) is 72.3 Å². The van der Waals surface area contributed by atoms with Gasteiger partial charge in [0, 0.05) is 27.3 Å². The Morgan fingerprint density at radius 2 is 1.04 bits per heavy atom. The first-order valence-corrected chi connectivity index (χ1v) is 19.3. The number of nitrogens with zero attached hydrogens (tertiary/aromatic N) is 2. The Bertz CT molecular complexity index is 2920. The maximum Gasteiger partial charge on any atom is 0.0998 e. The van der Waals surface area contributed by atoms with Gasteiger partial charge < -0.3 is 0 Å². The van der Waals surface area contributed by atoms with Crippen molar-refractivity contribution in [3.63, 3.8) is 0 Å². The van der Waals surface area contributed by atoms with Gasteiger partial charge in [0.05, 0.1) is 28.4 Å². The van der Waals surface area contributed by atoms with E-state index in [1.54, 1.807) is 0 Å². The molecule has 55 heavy (non-hydrogen) atoms. The smallest absolute Gasteiger partial charge is 0.0998 e. The van der Waals surface area contributed by atoms with Gasteiger partial charge in [0.25, 0.3) is 0 Å². The van der Waals surface area contributed by atoms with Crippen LogP contribution in [0, 0.1) is 11.3 Å². The zero-order valence-electron chi connectivity index (χ0n) is 31.4. The lowest BCUT2D eigenvalue weighted by molar-refractivity contribution is 0.636. The number of benzene rings is 7. The maximum absolute atomic E-state index is 10.3. The van der Waals surface area contributed by atoms with Crippen LogP contribution in [0.25, 0.3) is 55.4 Å². The molecule has 8 aromatic rings. The highest BCUT2D eigenvalue weighted by molar-refractivity contribution is 6.05. The van der Waals surface area contributed by atoms with E-state index in [1.807, 2.05) is 6.07 Å². The van der Waals surface area contributed by atoms with Gasteiger partial charge in [0.15, 0.2) is 0 Å². The lowest BCUT2D eigenvalue weighted by Gasteiger charge is -2.34. The lowest BCUT2D eigenvalue weighted by atomic mass is 9.67. The van der Waals surface area contributed by atoms with Crippen LogP contribution >= 0.6 is 0 Å². The minimum Gasteiger partial charge on any atom is -0.251 e. The second-order valence-electron chi connectivity index (χ2n) is 16.6. The van der Waals surface area contributed by atoms with Gasteiger partial charge in [-0.3, -0.25) is 4.98 Å². The molecule has 0 saturated carbocycles. The van der Waals surface area contributed by atoms with Gasteiger partial charge in [-0.2, -0.15) is 5.26 Å². The Balaban J connectivity index is 1.25. The van der Waals surface area contributed by atoms with Crippen LogP contribution in [0.4, 0.5) is 0 Å². The van der Waals surface area contributed by atoms with E-state index >= 15 is 0 Å². The van der Waals surface area contributed by atoms with Crippen molar-refractivity contribution in [3.8, 4) is 50.7 Å². The number of fused-ring (bicyclic) bond motifs is 11. The molecule has 0 amide bonds. The molecule has 1 heterocycles. The Hall–Kier alpha value is -6.56. The lowest BCUT2D eigenvalue weighted by Crippen LogP contribution is -2.29. The Kier molecular flexibility index (Phi) is 6.38. The third-order valence-corrected chi connectivity index (χ3v) is 13.1. The minimum atomic E-state index is -0.615. The van der Waals surface area contributed by atoms with Gasteiger partial charge >= 0.3 is 0 Å². The van der Waals surface area contributed by atoms with Crippen molar-refractivity contribution >= 4 is 10.8 Å². The van der Waals surface area contributed by atoms with Crippen molar-refractivity contribution in [1.82, 2.24) is 4.98 Å². The highest BCUT2D eigenvalue weighted by Crippen LogP contribution is 2.62. The summed E-state index contributed by atoms with van der Waals surface area (Å²) < 4.78 is 0. The molecule has 7 aromatic carbocycles. The van der Waals surface area contributed by atoms with Gasteiger partial charge in [-0.1, -0.05) is 155 Å². The molecule has 0 spiro atoms. The van der Waals surface area contributed by atoms with Crippen molar-refractivity contribution in [2.75, 3.05) is 0 Å². The zero-order valence-corrected chi connectivity index (χ0v) is 31.4. The largest absolute Gasteiger partial charge is 0.251 e. The van der Waals surface area contributed by atoms with Crippen LogP contribution in [-0.4, -0.2) is 4.98 Å². The summed E-state index contributed by atoms with van der Waals surface area (Å²) in [4.78, 5) is 5.84. The van der Waals surface area contributed by atoms with Crippen LogP contribution in [0.2, 0.25) is 0 Å². The summed E-state index contributed by atoms with van der Waals surface area (Å²) in [6, 6.07) is 60.3. The van der Waals surface area contributed by atoms with Gasteiger partial charge in [-0.25, -0.2) is 0 Å². The van der Waals surface area contributed by atoms with Gasteiger partial charge in [-0.05, 0) is 102 Å². The number of aromatic nitrogens is 1. The van der Waals surface area contributed by atoms with Crippen LogP contribution in [0.15, 0.2) is 158 Å². The van der Waals surface area contributed by atoms with E-state index in [-0.39, 0.29) is 5.41 Å². The molecule has 0 unspecified atom stereocenters. The Morgan fingerprint density at radius 1 is 0.455 bits per heavy atom. The zero-order chi connectivity index (χ0) is 37.3. The van der Waals surface area contributed by atoms with Crippen molar-refractivity contribution in [2.24, 2.45) is 0 Å². The molecule has 11 rings (SSSR count). The first-order chi connectivity index (χ1) is 26.7. The predicted octanol–water partition coefficient (Wildman–Crippen LogP) is 12.7. The maximum atomic E-state index is 10.3. The molecule has 0 radical (unpaired) electrons. The van der Waals surface area contributed by atoms with Gasteiger partial charge in [-0.15, -0.1) is 0 Å². The summed E-state index contributed by atoms with van der Waals surface area (Å²) in [6.07, 6.45) is 0. The van der Waals surface area contributed by atoms with E-state index in [9.17, 15) is 5.26 Å². The molecule has 0 fully saturated rings. The highest BCUT2D eigenvalue weighted by atomic mass is 14.8. The summed E-state index contributed by atoms with van der Waals surface area (Å²) in [5.41, 5.74) is 19.0. The molecule has 0 aliphatic heterocycles. The topological polar surface area (TPSA) is 36.7 Å². The molecular formula is C53H38N2. The number of hydrogen-bond donors (Lipinski definition) is 0. The molecule has 3 aliphatic carbocycles. The first kappa shape index (κ1) is 31.9. The molecule has 2 heteroatoms. The number of rotatable bonds is 3. The molecule has 1 aromatic heterocycles. The van der Waals surface area contributed by atoms with E-state index < -0.39 is 10.8 Å². The number of hydrogen-bond acceptors (Lipinski definition) is 2. The van der Waals surface area contributed by atoms with E-state index in [4.69, 9.17) is 4.98 Å². The van der Waals surface area contributed by atoms with Crippen molar-refractivity contribution in [2.45, 2.75) is 43.9 Å². The number of nitriles is 1. The fourth-order valence-corrected chi connectivity index (χ4v) is 10.5. The van der Waals surface area contributed by atoms with Gasteiger partial charge in [0.1, 0.15) is 0 Å². The Labute approximate surface area is 322 Å². The molecule has 0 bridgehead atoms. The van der Waals surface area contributed by atoms with Crippen molar-refractivity contribution in [1.29, 1.82) is 5.26 Å². The van der Waals surface area contributed by atoms with E-state index in [0.717, 1.165) is 27.7 Å². The van der Waals surface area contributed by atoms with Crippen molar-refractivity contribution < 1.29 is 0 Å². The average molecular weight is 703 g/mol. The fraction of sp³-hybridized carbons (Fsp3) is 0.132. The molecular weight excluding hydrogens is 665 g/mol. The van der Waals surface area contributed by atoms with E-state index in [2.05, 4.69) is 185 Å². The monoisotopic (exact) mass is 702 g/mol. The minimum absolute atomic E-state index is 0.214. The standard InChI is InChI=1S/C53H38N2/c1-51(2)43-26-33(32-16-8-5-9-17-32)24-25-38(43)40-28-45-41(29-44(40)51)49-47(53(45,35-18-10-6-11-19-35)36-20-12-7-13-21-36)30-42-48-39-23-15-14-22-37(39)34(31-54)27-46(48)52(3,4)50(42)55-49/h5-30H,1-4H3. The van der Waals surface area contributed by atoms with Gasteiger partial charge in [0.2, 0.25) is 0 Å². The summed E-state index contributed by atoms with van der Waals surface area (Å²) in [5, 5.41) is 12.4. The van der Waals surface area contributed by atoms with Crippen LogP contribution in [0.1, 0.15) is 77.9 Å². The average Bonchev–Trinajstić information content (AvgIpc) is 3.73. The molecule has 0 atom stereocenters. The summed E-state index contributed by atoms with van der Waals surface area (Å²) >= 11 is 0. The first-order valence-electron chi connectivity index (χ1n) is 19.3. The highest BCUT2D eigenvalue weighted by Gasteiger charge is 2.51. The van der Waals surface area contributed by atoms with Crippen LogP contribution in [0.5, 0.6) is 0 Å².